The largest absolute Gasteiger partial charge is 0.490 e. The summed E-state index contributed by atoms with van der Waals surface area (Å²) in [4.78, 5) is 0. The van der Waals surface area contributed by atoms with Crippen LogP contribution < -0.4 is 4.74 Å². The molecule has 1 aromatic rings. The van der Waals surface area contributed by atoms with Crippen molar-refractivity contribution in [3.8, 4) is 11.8 Å². The van der Waals surface area contributed by atoms with E-state index in [1.54, 1.807) is 18.2 Å². The van der Waals surface area contributed by atoms with Crippen molar-refractivity contribution in [2.24, 2.45) is 0 Å². The van der Waals surface area contributed by atoms with Crippen molar-refractivity contribution >= 4 is 15.9 Å². The van der Waals surface area contributed by atoms with Gasteiger partial charge < -0.3 is 9.47 Å². The smallest absolute Gasteiger partial charge is 0.133 e. The molecule has 16 heavy (non-hydrogen) atoms. The minimum absolute atomic E-state index is 0.211. The highest BCUT2D eigenvalue weighted by molar-refractivity contribution is 9.10. The van der Waals surface area contributed by atoms with E-state index in [2.05, 4.69) is 22.0 Å². The molecule has 4 heteroatoms. The zero-order chi connectivity index (χ0) is 11.4. The number of nitrogens with zero attached hydrogens (tertiary/aromatic N) is 1. The minimum Gasteiger partial charge on any atom is -0.490 e. The van der Waals surface area contributed by atoms with Gasteiger partial charge in [0.25, 0.3) is 0 Å². The number of ether oxygens (including phenoxy) is 2. The van der Waals surface area contributed by atoms with E-state index >= 15 is 0 Å². The highest BCUT2D eigenvalue weighted by atomic mass is 79.9. The van der Waals surface area contributed by atoms with Gasteiger partial charge in [0.2, 0.25) is 0 Å². The van der Waals surface area contributed by atoms with E-state index in [1.807, 2.05) is 0 Å². The van der Waals surface area contributed by atoms with E-state index < -0.39 is 0 Å². The minimum atomic E-state index is 0.211. The highest BCUT2D eigenvalue weighted by Gasteiger charge is 2.16. The molecule has 1 heterocycles. The second-order valence-corrected chi connectivity index (χ2v) is 4.56. The van der Waals surface area contributed by atoms with E-state index in [-0.39, 0.29) is 6.10 Å². The fraction of sp³-hybridized carbons (Fsp3) is 0.417. The van der Waals surface area contributed by atoms with E-state index in [0.717, 1.165) is 29.7 Å². The molecule has 0 spiro atoms. The molecule has 0 saturated carbocycles. The van der Waals surface area contributed by atoms with Crippen LogP contribution in [0.15, 0.2) is 22.7 Å². The van der Waals surface area contributed by atoms with Gasteiger partial charge in [0, 0.05) is 6.61 Å². The van der Waals surface area contributed by atoms with E-state index in [0.29, 0.717) is 12.2 Å². The number of hydrogen-bond donors (Lipinski definition) is 0. The molecule has 0 aliphatic carbocycles. The second-order valence-electron chi connectivity index (χ2n) is 3.70. The molecule has 1 aromatic carbocycles. The molecule has 1 saturated heterocycles. The van der Waals surface area contributed by atoms with Crippen molar-refractivity contribution in [3.63, 3.8) is 0 Å². The molecule has 3 nitrogen and oxygen atoms in total. The molecule has 0 N–H and O–H groups in total. The molecule has 1 aliphatic heterocycles. The van der Waals surface area contributed by atoms with Gasteiger partial charge in [0.05, 0.1) is 22.2 Å². The summed E-state index contributed by atoms with van der Waals surface area (Å²) in [5, 5.41) is 8.72. The fourth-order valence-electron chi connectivity index (χ4n) is 1.65. The molecule has 0 bridgehead atoms. The maximum absolute atomic E-state index is 8.72. The first-order chi connectivity index (χ1) is 7.79. The van der Waals surface area contributed by atoms with Crippen LogP contribution >= 0.6 is 15.9 Å². The van der Waals surface area contributed by atoms with Crippen molar-refractivity contribution in [1.29, 1.82) is 5.26 Å². The zero-order valence-electron chi connectivity index (χ0n) is 8.78. The molecule has 1 atom stereocenters. The zero-order valence-corrected chi connectivity index (χ0v) is 10.4. The van der Waals surface area contributed by atoms with Gasteiger partial charge in [-0.1, -0.05) is 0 Å². The van der Waals surface area contributed by atoms with Gasteiger partial charge in [-0.25, -0.2) is 0 Å². The lowest BCUT2D eigenvalue weighted by molar-refractivity contribution is 0.0677. The summed E-state index contributed by atoms with van der Waals surface area (Å²) in [6.07, 6.45) is 2.39. The summed E-state index contributed by atoms with van der Waals surface area (Å²) in [6.45, 7) is 1.41. The van der Waals surface area contributed by atoms with Gasteiger partial charge >= 0.3 is 0 Å². The lowest BCUT2D eigenvalue weighted by Crippen LogP contribution is -2.16. The Morgan fingerprint density at radius 2 is 2.44 bits per heavy atom. The molecule has 1 fully saturated rings. The predicted molar refractivity (Wildman–Crippen MR) is 63.3 cm³/mol. The lowest BCUT2D eigenvalue weighted by atomic mass is 10.2. The SMILES string of the molecule is N#Cc1ccc(OCC2CCCO2)c(Br)c1. The third kappa shape index (κ3) is 2.75. The normalized spacial score (nSPS) is 19.4. The first kappa shape index (κ1) is 11.4. The van der Waals surface area contributed by atoms with Crippen LogP contribution in [0.2, 0.25) is 0 Å². The van der Waals surface area contributed by atoms with Gasteiger partial charge in [-0.15, -0.1) is 0 Å². The molecule has 0 amide bonds. The quantitative estimate of drug-likeness (QED) is 0.856. The Labute approximate surface area is 103 Å². The fourth-order valence-corrected chi connectivity index (χ4v) is 2.14. The van der Waals surface area contributed by atoms with Crippen molar-refractivity contribution < 1.29 is 9.47 Å². The molecule has 0 aromatic heterocycles. The number of hydrogen-bond acceptors (Lipinski definition) is 3. The number of benzene rings is 1. The summed E-state index contributed by atoms with van der Waals surface area (Å²) >= 11 is 3.38. The van der Waals surface area contributed by atoms with Crippen LogP contribution in [0.5, 0.6) is 5.75 Å². The highest BCUT2D eigenvalue weighted by Crippen LogP contribution is 2.26. The molecular formula is C12H12BrNO2. The standard InChI is InChI=1S/C12H12BrNO2/c13-11-6-9(7-14)3-4-12(11)16-8-10-2-1-5-15-10/h3-4,6,10H,1-2,5,8H2. The molecule has 2 rings (SSSR count). The Balaban J connectivity index is 1.96. The van der Waals surface area contributed by atoms with Gasteiger partial charge in [0.1, 0.15) is 12.4 Å². The molecule has 1 unspecified atom stereocenters. The summed E-state index contributed by atoms with van der Waals surface area (Å²) in [7, 11) is 0. The van der Waals surface area contributed by atoms with Crippen LogP contribution in [0.3, 0.4) is 0 Å². The summed E-state index contributed by atoms with van der Waals surface area (Å²) in [5.41, 5.74) is 0.622. The number of rotatable bonds is 3. The van der Waals surface area contributed by atoms with Crippen LogP contribution in [0.4, 0.5) is 0 Å². The molecular weight excluding hydrogens is 270 g/mol. The van der Waals surface area contributed by atoms with E-state index in [9.17, 15) is 0 Å². The van der Waals surface area contributed by atoms with Crippen molar-refractivity contribution in [2.45, 2.75) is 18.9 Å². The Bertz CT molecular complexity index is 408. The van der Waals surface area contributed by atoms with E-state index in [1.165, 1.54) is 0 Å². The average molecular weight is 282 g/mol. The average Bonchev–Trinajstić information content (AvgIpc) is 2.80. The van der Waals surface area contributed by atoms with Crippen molar-refractivity contribution in [1.82, 2.24) is 0 Å². The predicted octanol–water partition coefficient (Wildman–Crippen LogP) is 2.88. The first-order valence-corrected chi connectivity index (χ1v) is 6.03. The number of nitriles is 1. The van der Waals surface area contributed by atoms with Crippen molar-refractivity contribution in [3.05, 3.63) is 28.2 Å². The molecule has 84 valence electrons. The topological polar surface area (TPSA) is 42.2 Å². The summed E-state index contributed by atoms with van der Waals surface area (Å²) < 4.78 is 11.9. The second kappa shape index (κ2) is 5.33. The Morgan fingerprint density at radius 3 is 3.06 bits per heavy atom. The van der Waals surface area contributed by atoms with Crippen molar-refractivity contribution in [2.75, 3.05) is 13.2 Å². The summed E-state index contributed by atoms with van der Waals surface area (Å²) in [6, 6.07) is 7.39. The van der Waals surface area contributed by atoms with Crippen LogP contribution in [0, 0.1) is 11.3 Å². The third-order valence-corrected chi connectivity index (χ3v) is 3.13. The van der Waals surface area contributed by atoms with Crippen LogP contribution in [-0.4, -0.2) is 19.3 Å². The Hall–Kier alpha value is -1.05. The van der Waals surface area contributed by atoms with Gasteiger partial charge in [-0.2, -0.15) is 5.26 Å². The monoisotopic (exact) mass is 281 g/mol. The van der Waals surface area contributed by atoms with E-state index in [4.69, 9.17) is 14.7 Å². The van der Waals surface area contributed by atoms with Crippen LogP contribution in [0.25, 0.3) is 0 Å². The summed E-state index contributed by atoms with van der Waals surface area (Å²) in [5.74, 6) is 0.759. The Morgan fingerprint density at radius 1 is 1.56 bits per heavy atom. The molecule has 1 aliphatic rings. The van der Waals surface area contributed by atoms with Gasteiger partial charge in [-0.3, -0.25) is 0 Å². The van der Waals surface area contributed by atoms with Crippen LogP contribution in [0.1, 0.15) is 18.4 Å². The van der Waals surface area contributed by atoms with Gasteiger partial charge in [0.15, 0.2) is 0 Å². The molecule has 0 radical (unpaired) electrons. The maximum atomic E-state index is 8.72. The maximum Gasteiger partial charge on any atom is 0.133 e. The Kier molecular flexibility index (Phi) is 3.81. The lowest BCUT2D eigenvalue weighted by Gasteiger charge is -2.12. The van der Waals surface area contributed by atoms with Crippen LogP contribution in [-0.2, 0) is 4.74 Å². The van der Waals surface area contributed by atoms with Gasteiger partial charge in [-0.05, 0) is 47.0 Å². The first-order valence-electron chi connectivity index (χ1n) is 5.23. The number of halogens is 1. The third-order valence-electron chi connectivity index (χ3n) is 2.51.